The van der Waals surface area contributed by atoms with Crippen molar-refractivity contribution in [2.24, 2.45) is 10.1 Å². The molecule has 5 aromatic rings. The van der Waals surface area contributed by atoms with E-state index < -0.39 is 0 Å². The first kappa shape index (κ1) is 22.3. The number of allylic oxidation sites excluding steroid dienone is 1. The second-order valence-corrected chi connectivity index (χ2v) is 8.76. The van der Waals surface area contributed by atoms with Gasteiger partial charge in [0.2, 0.25) is 0 Å². The lowest BCUT2D eigenvalue weighted by molar-refractivity contribution is 0.475. The van der Waals surface area contributed by atoms with Gasteiger partial charge in [-0.25, -0.2) is 9.67 Å². The van der Waals surface area contributed by atoms with E-state index >= 15 is 0 Å². The van der Waals surface area contributed by atoms with Crippen molar-refractivity contribution in [3.05, 3.63) is 139 Å². The molecule has 2 N–H and O–H groups in total. The molecule has 1 aromatic heterocycles. The Morgan fingerprint density at radius 3 is 1.76 bits per heavy atom. The molecule has 0 amide bonds. The summed E-state index contributed by atoms with van der Waals surface area (Å²) in [6.45, 7) is 0. The van der Waals surface area contributed by atoms with Crippen molar-refractivity contribution in [1.82, 2.24) is 4.68 Å². The Morgan fingerprint density at radius 1 is 0.568 bits per heavy atom. The Kier molecular flexibility index (Phi) is 5.71. The van der Waals surface area contributed by atoms with Crippen LogP contribution in [0.15, 0.2) is 138 Å². The van der Waals surface area contributed by atoms with Gasteiger partial charge < -0.3 is 10.2 Å². The van der Waals surface area contributed by atoms with Crippen LogP contribution in [0.4, 0.5) is 0 Å². The Bertz CT molecular complexity index is 1650. The average molecular weight is 482 g/mol. The van der Waals surface area contributed by atoms with Crippen LogP contribution in [0.5, 0.6) is 11.5 Å². The van der Waals surface area contributed by atoms with E-state index in [2.05, 4.69) is 18.2 Å². The molecule has 1 aliphatic heterocycles. The molecule has 0 unspecified atom stereocenters. The van der Waals surface area contributed by atoms with E-state index in [1.54, 1.807) is 24.3 Å². The number of amidine groups is 1. The van der Waals surface area contributed by atoms with Crippen molar-refractivity contribution in [2.45, 2.75) is 0 Å². The zero-order chi connectivity index (χ0) is 25.2. The van der Waals surface area contributed by atoms with Gasteiger partial charge in [0.1, 0.15) is 11.5 Å². The highest BCUT2D eigenvalue weighted by Gasteiger charge is 2.20. The first-order valence-corrected chi connectivity index (χ1v) is 12.0. The van der Waals surface area contributed by atoms with E-state index in [4.69, 9.17) is 10.1 Å². The van der Waals surface area contributed by atoms with E-state index in [-0.39, 0.29) is 11.5 Å². The molecule has 6 rings (SSSR count). The summed E-state index contributed by atoms with van der Waals surface area (Å²) in [5.41, 5.74) is 7.52. The van der Waals surface area contributed by atoms with Crippen LogP contribution in [-0.4, -0.2) is 26.4 Å². The van der Waals surface area contributed by atoms with E-state index in [0.29, 0.717) is 5.84 Å². The monoisotopic (exact) mass is 481 g/mol. The van der Waals surface area contributed by atoms with Gasteiger partial charge in [-0.2, -0.15) is 0 Å². The Labute approximate surface area is 214 Å². The van der Waals surface area contributed by atoms with Gasteiger partial charge in [-0.3, -0.25) is 0 Å². The summed E-state index contributed by atoms with van der Waals surface area (Å²) in [5.74, 6) is 1.01. The number of aliphatic imine (C=N–C) groups is 1. The molecule has 2 heterocycles. The normalized spacial score (nSPS) is 14.0. The largest absolute Gasteiger partial charge is 0.508 e. The summed E-state index contributed by atoms with van der Waals surface area (Å²) >= 11 is 0. The zero-order valence-electron chi connectivity index (χ0n) is 19.9. The zero-order valence-corrected chi connectivity index (χ0v) is 19.9. The summed E-state index contributed by atoms with van der Waals surface area (Å²) in [5, 5.41) is 24.6. The molecule has 0 fully saturated rings. The molecule has 5 nitrogen and oxygen atoms in total. The minimum Gasteiger partial charge on any atom is -0.508 e. The second-order valence-electron chi connectivity index (χ2n) is 8.76. The van der Waals surface area contributed by atoms with E-state index in [0.717, 1.165) is 44.8 Å². The van der Waals surface area contributed by atoms with Gasteiger partial charge in [0, 0.05) is 28.5 Å². The van der Waals surface area contributed by atoms with Gasteiger partial charge in [-0.15, -0.1) is 5.10 Å². The number of aromatic hydroxyl groups is 2. The number of benzene rings is 4. The third-order valence-corrected chi connectivity index (χ3v) is 6.27. The number of aromatic nitrogens is 1. The SMILES string of the molecule is Oc1ccc(C2=CC(c3ccccc3)=NC2=Nn2cc(-c3ccc(O)cc3)cc2-c2ccccc2)cc1. The van der Waals surface area contributed by atoms with Gasteiger partial charge in [0.05, 0.1) is 11.4 Å². The smallest absolute Gasteiger partial charge is 0.181 e. The highest BCUT2D eigenvalue weighted by atomic mass is 16.3. The van der Waals surface area contributed by atoms with Crippen LogP contribution in [0.2, 0.25) is 0 Å². The molecule has 0 atom stereocenters. The van der Waals surface area contributed by atoms with Crippen molar-refractivity contribution in [3.63, 3.8) is 0 Å². The quantitative estimate of drug-likeness (QED) is 0.284. The third-order valence-electron chi connectivity index (χ3n) is 6.27. The van der Waals surface area contributed by atoms with Gasteiger partial charge in [-0.05, 0) is 47.5 Å². The third kappa shape index (κ3) is 4.58. The number of phenolic OH excluding ortho intramolecular Hbond substituents is 2. The van der Waals surface area contributed by atoms with E-state index in [9.17, 15) is 10.2 Å². The number of hydrogen-bond acceptors (Lipinski definition) is 3. The molecule has 0 saturated carbocycles. The van der Waals surface area contributed by atoms with Crippen LogP contribution in [0.3, 0.4) is 0 Å². The minimum absolute atomic E-state index is 0.209. The van der Waals surface area contributed by atoms with E-state index in [1.165, 1.54) is 0 Å². The lowest BCUT2D eigenvalue weighted by atomic mass is 10.0. The lowest BCUT2D eigenvalue weighted by Crippen LogP contribution is -2.01. The number of nitrogens with zero attached hydrogens (tertiary/aromatic N) is 3. The molecule has 37 heavy (non-hydrogen) atoms. The summed E-state index contributed by atoms with van der Waals surface area (Å²) in [6, 6.07) is 36.4. The Morgan fingerprint density at radius 2 is 1.14 bits per heavy atom. The topological polar surface area (TPSA) is 70.1 Å². The highest BCUT2D eigenvalue weighted by Crippen LogP contribution is 2.31. The van der Waals surface area contributed by atoms with Crippen molar-refractivity contribution in [1.29, 1.82) is 0 Å². The molecule has 0 radical (unpaired) electrons. The standard InChI is InChI=1S/C32H23N3O2/c36-27-15-11-22(12-16-27)26-19-31(25-9-5-2-6-10-25)35(21-26)34-32-29(23-13-17-28(37)18-14-23)20-30(33-32)24-7-3-1-4-8-24/h1-21,36-37H. The van der Waals surface area contributed by atoms with Crippen molar-refractivity contribution in [3.8, 4) is 33.9 Å². The maximum atomic E-state index is 9.82. The van der Waals surface area contributed by atoms with Crippen LogP contribution in [-0.2, 0) is 0 Å². The van der Waals surface area contributed by atoms with Crippen LogP contribution in [0.25, 0.3) is 28.0 Å². The molecule has 0 aliphatic carbocycles. The first-order chi connectivity index (χ1) is 18.1. The molecule has 1 aliphatic rings. The summed E-state index contributed by atoms with van der Waals surface area (Å²) in [6.07, 6.45) is 4.01. The van der Waals surface area contributed by atoms with Crippen LogP contribution < -0.4 is 0 Å². The molecule has 0 bridgehead atoms. The van der Waals surface area contributed by atoms with Crippen LogP contribution in [0.1, 0.15) is 11.1 Å². The summed E-state index contributed by atoms with van der Waals surface area (Å²) < 4.78 is 1.86. The fourth-order valence-electron chi connectivity index (χ4n) is 4.37. The molecular weight excluding hydrogens is 458 g/mol. The van der Waals surface area contributed by atoms with E-state index in [1.807, 2.05) is 89.7 Å². The van der Waals surface area contributed by atoms with Crippen LogP contribution >= 0.6 is 0 Å². The Hall–Kier alpha value is -5.16. The molecule has 178 valence electrons. The first-order valence-electron chi connectivity index (χ1n) is 12.0. The molecule has 0 spiro atoms. The fourth-order valence-corrected chi connectivity index (χ4v) is 4.37. The van der Waals surface area contributed by atoms with Gasteiger partial charge >= 0.3 is 0 Å². The molecule has 4 aromatic carbocycles. The van der Waals surface area contributed by atoms with Gasteiger partial charge in [0.25, 0.3) is 0 Å². The summed E-state index contributed by atoms with van der Waals surface area (Å²) in [4.78, 5) is 4.92. The Balaban J connectivity index is 1.51. The maximum Gasteiger partial charge on any atom is 0.181 e. The maximum absolute atomic E-state index is 9.82. The van der Waals surface area contributed by atoms with Gasteiger partial charge in [-0.1, -0.05) is 84.9 Å². The second kappa shape index (κ2) is 9.47. The number of phenols is 2. The number of hydrogen-bond donors (Lipinski definition) is 2. The highest BCUT2D eigenvalue weighted by molar-refractivity contribution is 6.37. The van der Waals surface area contributed by atoms with Gasteiger partial charge in [0.15, 0.2) is 5.84 Å². The molecule has 0 saturated heterocycles. The van der Waals surface area contributed by atoms with Crippen molar-refractivity contribution in [2.75, 3.05) is 0 Å². The van der Waals surface area contributed by atoms with Crippen LogP contribution in [0, 0.1) is 0 Å². The molecule has 5 heteroatoms. The predicted molar refractivity (Wildman–Crippen MR) is 149 cm³/mol. The van der Waals surface area contributed by atoms with Crippen molar-refractivity contribution < 1.29 is 10.2 Å². The average Bonchev–Trinajstić information content (AvgIpc) is 3.56. The lowest BCUT2D eigenvalue weighted by Gasteiger charge is -2.07. The minimum atomic E-state index is 0.209. The van der Waals surface area contributed by atoms with Crippen molar-refractivity contribution >= 4 is 17.1 Å². The molecular formula is C32H23N3O2. The fraction of sp³-hybridized carbons (Fsp3) is 0. The summed E-state index contributed by atoms with van der Waals surface area (Å²) in [7, 11) is 0. The number of rotatable bonds is 5. The predicted octanol–water partition coefficient (Wildman–Crippen LogP) is 6.98.